The molecule has 0 fully saturated rings. The summed E-state index contributed by atoms with van der Waals surface area (Å²) in [4.78, 5) is 0. The van der Waals surface area contributed by atoms with Crippen LogP contribution < -0.4 is 0 Å². The summed E-state index contributed by atoms with van der Waals surface area (Å²) in [5.74, 6) is 1.01. The van der Waals surface area contributed by atoms with E-state index >= 15 is 0 Å². The van der Waals surface area contributed by atoms with Gasteiger partial charge in [-0.15, -0.1) is 10.2 Å². The first-order valence-electron chi connectivity index (χ1n) is 7.36. The smallest absolute Gasteiger partial charge is 0.195 e. The first-order chi connectivity index (χ1) is 11.7. The van der Waals surface area contributed by atoms with E-state index in [1.807, 2.05) is 35.7 Å². The van der Waals surface area contributed by atoms with Gasteiger partial charge in [-0.25, -0.2) is 4.39 Å². The summed E-state index contributed by atoms with van der Waals surface area (Å²) in [6, 6.07) is 12.0. The number of hydrogen-bond acceptors (Lipinski definition) is 5. The lowest BCUT2D eigenvalue weighted by Gasteiger charge is -1.99. The summed E-state index contributed by atoms with van der Waals surface area (Å²) in [5.41, 5.74) is 3.41. The highest BCUT2D eigenvalue weighted by Gasteiger charge is 2.15. The van der Waals surface area contributed by atoms with Crippen LogP contribution in [0.1, 0.15) is 11.3 Å². The summed E-state index contributed by atoms with van der Waals surface area (Å²) in [5, 5.41) is 13.3. The number of benzene rings is 1. The Kier molecular flexibility index (Phi) is 3.78. The van der Waals surface area contributed by atoms with Crippen molar-refractivity contribution in [2.45, 2.75) is 17.8 Å². The Morgan fingerprint density at radius 1 is 1.12 bits per heavy atom. The summed E-state index contributed by atoms with van der Waals surface area (Å²) in [6.07, 6.45) is 1.93. The van der Waals surface area contributed by atoms with Crippen LogP contribution in [0.3, 0.4) is 0 Å². The van der Waals surface area contributed by atoms with Gasteiger partial charge in [-0.2, -0.15) is 0 Å². The van der Waals surface area contributed by atoms with Crippen molar-refractivity contribution >= 4 is 17.4 Å². The largest absolute Gasteiger partial charge is 0.356 e. The fraction of sp³-hybridized carbons (Fsp3) is 0.118. The van der Waals surface area contributed by atoms with Crippen molar-refractivity contribution in [3.63, 3.8) is 0 Å². The van der Waals surface area contributed by atoms with Gasteiger partial charge in [0.25, 0.3) is 0 Å². The fourth-order valence-corrected chi connectivity index (χ4v) is 3.35. The normalized spacial score (nSPS) is 11.2. The van der Waals surface area contributed by atoms with Crippen molar-refractivity contribution in [2.24, 2.45) is 0 Å². The Hall–Kier alpha value is -2.67. The molecule has 120 valence electrons. The van der Waals surface area contributed by atoms with Gasteiger partial charge < -0.3 is 4.52 Å². The first kappa shape index (κ1) is 14.9. The number of fused-ring (bicyclic) bond motifs is 1. The van der Waals surface area contributed by atoms with E-state index in [1.165, 1.54) is 12.1 Å². The zero-order chi connectivity index (χ0) is 16.5. The van der Waals surface area contributed by atoms with E-state index < -0.39 is 0 Å². The predicted octanol–water partition coefficient (Wildman–Crippen LogP) is 4.12. The molecule has 0 radical (unpaired) electrons. The Bertz CT molecular complexity index is 993. The number of rotatable bonds is 4. The lowest BCUT2D eigenvalue weighted by molar-refractivity contribution is 0.426. The van der Waals surface area contributed by atoms with Gasteiger partial charge in [-0.05, 0) is 43.3 Å². The van der Waals surface area contributed by atoms with Gasteiger partial charge in [0, 0.05) is 23.1 Å². The van der Waals surface area contributed by atoms with Gasteiger partial charge in [0.2, 0.25) is 0 Å². The summed E-state index contributed by atoms with van der Waals surface area (Å²) in [6.45, 7) is 1.95. The molecule has 1 aromatic carbocycles. The van der Waals surface area contributed by atoms with Crippen LogP contribution in [0.15, 0.2) is 58.3 Å². The third-order valence-electron chi connectivity index (χ3n) is 3.75. The minimum absolute atomic E-state index is 0.273. The van der Waals surface area contributed by atoms with Crippen LogP contribution in [-0.4, -0.2) is 19.8 Å². The number of aromatic nitrogens is 4. The maximum atomic E-state index is 13.0. The maximum absolute atomic E-state index is 13.0. The molecule has 0 saturated heterocycles. The highest BCUT2D eigenvalue weighted by molar-refractivity contribution is 7.98. The number of hydrogen-bond donors (Lipinski definition) is 0. The van der Waals surface area contributed by atoms with Crippen molar-refractivity contribution in [1.82, 2.24) is 19.8 Å². The van der Waals surface area contributed by atoms with Crippen molar-refractivity contribution in [3.05, 3.63) is 65.7 Å². The van der Waals surface area contributed by atoms with Crippen LogP contribution in [-0.2, 0) is 5.75 Å². The third kappa shape index (κ3) is 2.67. The molecule has 0 amide bonds. The van der Waals surface area contributed by atoms with Crippen LogP contribution >= 0.6 is 11.8 Å². The Balaban J connectivity index is 1.56. The van der Waals surface area contributed by atoms with Crippen LogP contribution in [0.25, 0.3) is 17.0 Å². The molecule has 0 N–H and O–H groups in total. The molecule has 0 aliphatic heterocycles. The molecular formula is C17H13FN4OS. The predicted molar refractivity (Wildman–Crippen MR) is 89.2 cm³/mol. The first-order valence-corrected chi connectivity index (χ1v) is 8.34. The van der Waals surface area contributed by atoms with E-state index in [0.29, 0.717) is 11.5 Å². The minimum atomic E-state index is -0.273. The topological polar surface area (TPSA) is 56.2 Å². The molecule has 0 unspecified atom stereocenters. The van der Waals surface area contributed by atoms with Crippen LogP contribution in [0, 0.1) is 12.7 Å². The second-order valence-electron chi connectivity index (χ2n) is 5.29. The Morgan fingerprint density at radius 2 is 1.96 bits per heavy atom. The molecule has 0 spiro atoms. The third-order valence-corrected chi connectivity index (χ3v) is 4.70. The highest BCUT2D eigenvalue weighted by Crippen LogP contribution is 2.29. The van der Waals surface area contributed by atoms with E-state index in [1.54, 1.807) is 23.9 Å². The van der Waals surface area contributed by atoms with Gasteiger partial charge in [-0.1, -0.05) is 23.0 Å². The van der Waals surface area contributed by atoms with Crippen molar-refractivity contribution in [1.29, 1.82) is 0 Å². The zero-order valence-electron chi connectivity index (χ0n) is 12.8. The van der Waals surface area contributed by atoms with Gasteiger partial charge in [0.1, 0.15) is 5.82 Å². The molecule has 4 rings (SSSR count). The van der Waals surface area contributed by atoms with Crippen molar-refractivity contribution in [3.8, 4) is 11.3 Å². The quantitative estimate of drug-likeness (QED) is 0.523. The van der Waals surface area contributed by atoms with E-state index in [9.17, 15) is 4.39 Å². The molecule has 0 aliphatic carbocycles. The van der Waals surface area contributed by atoms with Crippen LogP contribution in [0.5, 0.6) is 0 Å². The van der Waals surface area contributed by atoms with E-state index in [2.05, 4.69) is 15.4 Å². The van der Waals surface area contributed by atoms with E-state index in [0.717, 1.165) is 27.6 Å². The number of halogens is 1. The highest BCUT2D eigenvalue weighted by atomic mass is 32.2. The monoisotopic (exact) mass is 340 g/mol. The summed E-state index contributed by atoms with van der Waals surface area (Å²) in [7, 11) is 0. The van der Waals surface area contributed by atoms with Gasteiger partial charge in [0.15, 0.2) is 16.6 Å². The minimum Gasteiger partial charge on any atom is -0.356 e. The lowest BCUT2D eigenvalue weighted by Crippen LogP contribution is -1.89. The van der Waals surface area contributed by atoms with Crippen LogP contribution in [0.4, 0.5) is 4.39 Å². The summed E-state index contributed by atoms with van der Waals surface area (Å²) >= 11 is 1.54. The molecule has 7 heteroatoms. The Morgan fingerprint density at radius 3 is 2.79 bits per heavy atom. The van der Waals surface area contributed by atoms with E-state index in [-0.39, 0.29) is 5.82 Å². The number of thioether (sulfide) groups is 1. The zero-order valence-corrected chi connectivity index (χ0v) is 13.6. The standard InChI is InChI=1S/C17H13FN4OS/c1-11-14(21-23-16(11)12-5-7-13(18)8-6-12)10-24-17-20-19-15-4-2-3-9-22(15)17/h2-9H,10H2,1H3. The van der Waals surface area contributed by atoms with Gasteiger partial charge in [-0.3, -0.25) is 4.40 Å². The second-order valence-corrected chi connectivity index (χ2v) is 6.23. The Labute approximate surface area is 141 Å². The number of pyridine rings is 1. The van der Waals surface area contributed by atoms with E-state index in [4.69, 9.17) is 4.52 Å². The van der Waals surface area contributed by atoms with Gasteiger partial charge >= 0.3 is 0 Å². The maximum Gasteiger partial charge on any atom is 0.195 e. The average Bonchev–Trinajstić information content (AvgIpc) is 3.18. The number of nitrogens with zero attached hydrogens (tertiary/aromatic N) is 4. The second kappa shape index (κ2) is 6.09. The molecule has 24 heavy (non-hydrogen) atoms. The molecule has 4 aromatic rings. The molecule has 3 heterocycles. The lowest BCUT2D eigenvalue weighted by atomic mass is 10.1. The molecule has 5 nitrogen and oxygen atoms in total. The van der Waals surface area contributed by atoms with Crippen LogP contribution in [0.2, 0.25) is 0 Å². The molecular weight excluding hydrogens is 327 g/mol. The molecule has 0 saturated carbocycles. The van der Waals surface area contributed by atoms with Gasteiger partial charge in [0.05, 0.1) is 5.69 Å². The molecule has 0 atom stereocenters. The average molecular weight is 340 g/mol. The molecule has 0 aliphatic rings. The fourth-order valence-electron chi connectivity index (χ4n) is 2.42. The summed E-state index contributed by atoms with van der Waals surface area (Å²) < 4.78 is 20.4. The molecule has 0 bridgehead atoms. The van der Waals surface area contributed by atoms with Crippen molar-refractivity contribution in [2.75, 3.05) is 0 Å². The SMILES string of the molecule is Cc1c(CSc2nnc3ccccn23)noc1-c1ccc(F)cc1. The molecule has 3 aromatic heterocycles. The van der Waals surface area contributed by atoms with Crippen molar-refractivity contribution < 1.29 is 8.91 Å².